The molecule has 0 bridgehead atoms. The summed E-state index contributed by atoms with van der Waals surface area (Å²) in [6, 6.07) is 5.96. The molecular formula is C18H22FN3O3. The fourth-order valence-corrected chi connectivity index (χ4v) is 3.00. The molecule has 0 saturated carbocycles. The van der Waals surface area contributed by atoms with Crippen LogP contribution >= 0.6 is 0 Å². The molecule has 2 amide bonds. The van der Waals surface area contributed by atoms with E-state index in [1.54, 1.807) is 36.9 Å². The lowest BCUT2D eigenvalue weighted by molar-refractivity contribution is 0.0458. The van der Waals surface area contributed by atoms with Crippen LogP contribution in [0.25, 0.3) is 11.3 Å². The van der Waals surface area contributed by atoms with E-state index in [0.717, 1.165) is 6.42 Å². The van der Waals surface area contributed by atoms with Gasteiger partial charge in [-0.2, -0.15) is 0 Å². The van der Waals surface area contributed by atoms with Gasteiger partial charge >= 0.3 is 6.03 Å². The van der Waals surface area contributed by atoms with E-state index in [4.69, 9.17) is 4.52 Å². The predicted molar refractivity (Wildman–Crippen MR) is 91.7 cm³/mol. The summed E-state index contributed by atoms with van der Waals surface area (Å²) in [6.07, 6.45) is 1.93. The smallest absolute Gasteiger partial charge is 0.323 e. The Morgan fingerprint density at radius 2 is 2.12 bits per heavy atom. The van der Waals surface area contributed by atoms with Gasteiger partial charge in [-0.15, -0.1) is 0 Å². The zero-order valence-electron chi connectivity index (χ0n) is 14.4. The van der Waals surface area contributed by atoms with Crippen LogP contribution in [0.2, 0.25) is 0 Å². The van der Waals surface area contributed by atoms with Crippen molar-refractivity contribution in [2.75, 3.05) is 18.4 Å². The van der Waals surface area contributed by atoms with Gasteiger partial charge in [-0.05, 0) is 45.2 Å². The number of carbonyl (C=O) groups excluding carboxylic acids is 1. The van der Waals surface area contributed by atoms with Crippen LogP contribution in [0.5, 0.6) is 0 Å². The number of nitrogens with zero attached hydrogens (tertiary/aromatic N) is 2. The van der Waals surface area contributed by atoms with Crippen molar-refractivity contribution in [2.45, 2.75) is 38.7 Å². The number of aliphatic hydroxyl groups is 1. The Morgan fingerprint density at radius 1 is 1.36 bits per heavy atom. The molecule has 1 saturated heterocycles. The summed E-state index contributed by atoms with van der Waals surface area (Å²) in [5.74, 6) is 0.167. The van der Waals surface area contributed by atoms with Gasteiger partial charge < -0.3 is 14.5 Å². The van der Waals surface area contributed by atoms with Gasteiger partial charge in [0.05, 0.1) is 11.2 Å². The molecule has 6 nitrogen and oxygen atoms in total. The lowest BCUT2D eigenvalue weighted by Gasteiger charge is -2.22. The van der Waals surface area contributed by atoms with E-state index in [1.165, 1.54) is 6.07 Å². The molecule has 2 N–H and O–H groups in total. The Labute approximate surface area is 145 Å². The molecule has 25 heavy (non-hydrogen) atoms. The molecule has 0 radical (unpaired) electrons. The molecule has 1 atom stereocenters. The highest BCUT2D eigenvalue weighted by Crippen LogP contribution is 2.30. The monoisotopic (exact) mass is 347 g/mol. The predicted octanol–water partition coefficient (Wildman–Crippen LogP) is 3.56. The Bertz CT molecular complexity index is 773. The SMILES string of the molecule is Cc1c(NC(=O)N2CCC[C@](C)(O)CC2)noc1-c1ccccc1F. The van der Waals surface area contributed by atoms with Crippen LogP contribution in [0, 0.1) is 12.7 Å². The van der Waals surface area contributed by atoms with Gasteiger partial charge in [-0.25, -0.2) is 9.18 Å². The Kier molecular flexibility index (Phi) is 4.76. The van der Waals surface area contributed by atoms with Gasteiger partial charge in [0.15, 0.2) is 11.6 Å². The molecule has 0 spiro atoms. The summed E-state index contributed by atoms with van der Waals surface area (Å²) in [5, 5.41) is 16.7. The van der Waals surface area contributed by atoms with Gasteiger partial charge in [0.1, 0.15) is 5.82 Å². The Hall–Kier alpha value is -2.41. The molecule has 1 aliphatic rings. The van der Waals surface area contributed by atoms with Crippen LogP contribution in [0.4, 0.5) is 15.0 Å². The second-order valence-corrected chi connectivity index (χ2v) is 6.73. The highest BCUT2D eigenvalue weighted by molar-refractivity contribution is 5.90. The maximum atomic E-state index is 13.9. The van der Waals surface area contributed by atoms with Crippen LogP contribution < -0.4 is 5.32 Å². The lowest BCUT2D eigenvalue weighted by atomic mass is 9.98. The average Bonchev–Trinajstić information content (AvgIpc) is 2.80. The van der Waals surface area contributed by atoms with Crippen molar-refractivity contribution in [1.82, 2.24) is 10.1 Å². The molecule has 134 valence electrons. The van der Waals surface area contributed by atoms with Crippen molar-refractivity contribution < 1.29 is 18.8 Å². The summed E-state index contributed by atoms with van der Waals surface area (Å²) >= 11 is 0. The summed E-state index contributed by atoms with van der Waals surface area (Å²) in [7, 11) is 0. The first kappa shape index (κ1) is 17.4. The number of aromatic nitrogens is 1. The van der Waals surface area contributed by atoms with Crippen molar-refractivity contribution in [3.8, 4) is 11.3 Å². The quantitative estimate of drug-likeness (QED) is 0.871. The minimum Gasteiger partial charge on any atom is -0.390 e. The second kappa shape index (κ2) is 6.84. The normalized spacial score (nSPS) is 21.0. The van der Waals surface area contributed by atoms with Crippen LogP contribution in [-0.4, -0.2) is 39.9 Å². The largest absolute Gasteiger partial charge is 0.390 e. The van der Waals surface area contributed by atoms with E-state index in [9.17, 15) is 14.3 Å². The fourth-order valence-electron chi connectivity index (χ4n) is 3.00. The number of urea groups is 1. The molecule has 2 heterocycles. The van der Waals surface area contributed by atoms with Gasteiger partial charge in [-0.3, -0.25) is 5.32 Å². The maximum absolute atomic E-state index is 13.9. The number of benzene rings is 1. The molecule has 7 heteroatoms. The third kappa shape index (κ3) is 3.82. The zero-order chi connectivity index (χ0) is 18.0. The standard InChI is InChI=1S/C18H22FN3O3/c1-12-15(13-6-3-4-7-14(13)19)25-21-16(12)20-17(23)22-10-5-8-18(2,24)9-11-22/h3-4,6-7,24H,5,8-11H2,1-2H3,(H,20,21,23)/t18-/m0/s1. The molecule has 1 fully saturated rings. The molecule has 0 aliphatic carbocycles. The van der Waals surface area contributed by atoms with Crippen LogP contribution in [0.3, 0.4) is 0 Å². The Morgan fingerprint density at radius 3 is 2.88 bits per heavy atom. The number of nitrogens with one attached hydrogen (secondary N) is 1. The van der Waals surface area contributed by atoms with E-state index >= 15 is 0 Å². The number of halogens is 1. The summed E-state index contributed by atoms with van der Waals surface area (Å²) < 4.78 is 19.2. The number of anilines is 1. The minimum atomic E-state index is -0.739. The maximum Gasteiger partial charge on any atom is 0.323 e. The number of hydrogen-bond acceptors (Lipinski definition) is 4. The van der Waals surface area contributed by atoms with Crippen LogP contribution in [-0.2, 0) is 0 Å². The van der Waals surface area contributed by atoms with E-state index in [1.807, 2.05) is 0 Å². The van der Waals surface area contributed by atoms with E-state index in [0.29, 0.717) is 42.8 Å². The highest BCUT2D eigenvalue weighted by atomic mass is 19.1. The van der Waals surface area contributed by atoms with E-state index in [2.05, 4.69) is 10.5 Å². The highest BCUT2D eigenvalue weighted by Gasteiger charge is 2.28. The second-order valence-electron chi connectivity index (χ2n) is 6.73. The zero-order valence-corrected chi connectivity index (χ0v) is 14.4. The van der Waals surface area contributed by atoms with Crippen molar-refractivity contribution in [3.63, 3.8) is 0 Å². The van der Waals surface area contributed by atoms with Gasteiger partial charge in [0, 0.05) is 18.7 Å². The first-order valence-electron chi connectivity index (χ1n) is 8.37. The first-order valence-corrected chi connectivity index (χ1v) is 8.37. The minimum absolute atomic E-state index is 0.277. The van der Waals surface area contributed by atoms with Crippen molar-refractivity contribution in [2.24, 2.45) is 0 Å². The number of rotatable bonds is 2. The third-order valence-corrected chi connectivity index (χ3v) is 4.62. The Balaban J connectivity index is 1.74. The van der Waals surface area contributed by atoms with E-state index in [-0.39, 0.29) is 11.8 Å². The molecular weight excluding hydrogens is 325 g/mol. The molecule has 2 aromatic rings. The summed E-state index contributed by atoms with van der Waals surface area (Å²) in [5.41, 5.74) is 0.135. The molecule has 0 unspecified atom stereocenters. The average molecular weight is 347 g/mol. The van der Waals surface area contributed by atoms with E-state index < -0.39 is 11.4 Å². The first-order chi connectivity index (χ1) is 11.9. The van der Waals surface area contributed by atoms with Crippen molar-refractivity contribution in [1.29, 1.82) is 0 Å². The molecule has 1 aliphatic heterocycles. The third-order valence-electron chi connectivity index (χ3n) is 4.62. The van der Waals surface area contributed by atoms with Gasteiger partial charge in [0.2, 0.25) is 0 Å². The number of carbonyl (C=O) groups is 1. The van der Waals surface area contributed by atoms with Crippen LogP contribution in [0.1, 0.15) is 31.7 Å². The summed E-state index contributed by atoms with van der Waals surface area (Å²) in [6.45, 7) is 4.55. The summed E-state index contributed by atoms with van der Waals surface area (Å²) in [4.78, 5) is 14.1. The van der Waals surface area contributed by atoms with Crippen molar-refractivity contribution in [3.05, 3.63) is 35.6 Å². The lowest BCUT2D eigenvalue weighted by Crippen LogP contribution is -2.36. The fraction of sp³-hybridized carbons (Fsp3) is 0.444. The van der Waals surface area contributed by atoms with Gasteiger partial charge in [-0.1, -0.05) is 17.3 Å². The molecule has 3 rings (SSSR count). The number of likely N-dealkylation sites (tertiary alicyclic amines) is 1. The van der Waals surface area contributed by atoms with Crippen molar-refractivity contribution >= 4 is 11.8 Å². The number of amides is 2. The van der Waals surface area contributed by atoms with Gasteiger partial charge in [0.25, 0.3) is 0 Å². The molecule has 1 aromatic heterocycles. The van der Waals surface area contributed by atoms with Crippen LogP contribution in [0.15, 0.2) is 28.8 Å². The topological polar surface area (TPSA) is 78.6 Å². The number of hydrogen-bond donors (Lipinski definition) is 2. The molecule has 1 aromatic carbocycles.